The number of hydrogen-bond donors (Lipinski definition) is 0. The van der Waals surface area contributed by atoms with Crippen molar-refractivity contribution in [2.75, 3.05) is 9.80 Å². The van der Waals surface area contributed by atoms with Gasteiger partial charge in [-0.25, -0.2) is 0 Å². The van der Waals surface area contributed by atoms with Crippen LogP contribution < -0.4 is 26.4 Å². The Bertz CT molecular complexity index is 2970. The van der Waals surface area contributed by atoms with Crippen LogP contribution in [0.1, 0.15) is 188 Å². The molecule has 0 amide bonds. The average molecular weight is 863 g/mol. The molecule has 0 saturated heterocycles. The minimum atomic E-state index is -0.119. The first-order chi connectivity index (χ1) is 30.0. The van der Waals surface area contributed by atoms with Crippen molar-refractivity contribution in [3.8, 4) is 0 Å². The molecule has 0 unspecified atom stereocenters. The van der Waals surface area contributed by atoms with Crippen LogP contribution in [-0.2, 0) is 37.9 Å². The van der Waals surface area contributed by atoms with Gasteiger partial charge >= 0.3 is 0 Å². The Hall–Kier alpha value is -4.70. The van der Waals surface area contributed by atoms with Crippen molar-refractivity contribution in [3.05, 3.63) is 123 Å². The SMILES string of the molecule is Cc1cc(C(C)(C)C)ccc1N1c2cc(C(C)(C)C)ccc2B2c3oc4cc5c(cc4c3N(c3ccc4c(c3)C(C)(C)CCC4(C)C)c3cc(C(C)(C)C)cc1c32)C(C)(C)CCC5(C)C. The highest BCUT2D eigenvalue weighted by Crippen LogP contribution is 2.54. The Kier molecular flexibility index (Phi) is 9.31. The van der Waals surface area contributed by atoms with E-state index in [2.05, 4.69) is 213 Å². The first-order valence-corrected chi connectivity index (χ1v) is 24.8. The van der Waals surface area contributed by atoms with Crippen LogP contribution >= 0.6 is 0 Å². The molecule has 6 aromatic rings. The van der Waals surface area contributed by atoms with Gasteiger partial charge in [0.1, 0.15) is 5.58 Å². The summed E-state index contributed by atoms with van der Waals surface area (Å²) in [5.74, 6) is 0. The molecule has 4 heteroatoms. The van der Waals surface area contributed by atoms with Crippen molar-refractivity contribution in [3.63, 3.8) is 0 Å². The minimum Gasteiger partial charge on any atom is -0.468 e. The van der Waals surface area contributed by atoms with Crippen molar-refractivity contribution in [1.82, 2.24) is 0 Å². The fourth-order valence-electron chi connectivity index (χ4n) is 12.1. The smallest absolute Gasteiger partial charge is 0.297 e. The lowest BCUT2D eigenvalue weighted by Crippen LogP contribution is -2.61. The predicted octanol–water partition coefficient (Wildman–Crippen LogP) is 15.4. The van der Waals surface area contributed by atoms with E-state index in [4.69, 9.17) is 4.42 Å². The van der Waals surface area contributed by atoms with E-state index in [0.29, 0.717) is 0 Å². The van der Waals surface area contributed by atoms with Crippen LogP contribution in [-0.4, -0.2) is 6.71 Å². The minimum absolute atomic E-state index is 0.0358. The topological polar surface area (TPSA) is 19.6 Å². The van der Waals surface area contributed by atoms with Crippen LogP contribution in [0.15, 0.2) is 83.3 Å². The third-order valence-corrected chi connectivity index (χ3v) is 16.8. The van der Waals surface area contributed by atoms with E-state index in [1.807, 2.05) is 0 Å². The lowest BCUT2D eigenvalue weighted by atomic mass is 9.35. The number of fused-ring (bicyclic) bond motifs is 8. The molecule has 0 bridgehead atoms. The highest BCUT2D eigenvalue weighted by Gasteiger charge is 2.49. The number of rotatable bonds is 2. The summed E-state index contributed by atoms with van der Waals surface area (Å²) in [6.07, 6.45) is 4.68. The zero-order chi connectivity index (χ0) is 46.9. The van der Waals surface area contributed by atoms with Gasteiger partial charge in [-0.2, -0.15) is 0 Å². The number of hydrogen-bond acceptors (Lipinski definition) is 3. The van der Waals surface area contributed by atoms with E-state index < -0.39 is 0 Å². The van der Waals surface area contributed by atoms with Gasteiger partial charge < -0.3 is 14.2 Å². The number of aryl methyl sites for hydroxylation is 1. The van der Waals surface area contributed by atoms with Crippen LogP contribution in [0, 0.1) is 6.92 Å². The molecule has 338 valence electrons. The first-order valence-electron chi connectivity index (χ1n) is 24.8. The van der Waals surface area contributed by atoms with Crippen LogP contribution in [0.2, 0.25) is 0 Å². The zero-order valence-corrected chi connectivity index (χ0v) is 43.2. The molecular weight excluding hydrogens is 787 g/mol. The second-order valence-corrected chi connectivity index (χ2v) is 26.5. The lowest BCUT2D eigenvalue weighted by molar-refractivity contribution is 0.332. The molecule has 10 rings (SSSR count). The largest absolute Gasteiger partial charge is 0.468 e. The summed E-state index contributed by atoms with van der Waals surface area (Å²) in [5.41, 5.74) is 23.4. The maximum Gasteiger partial charge on any atom is 0.297 e. The summed E-state index contributed by atoms with van der Waals surface area (Å²) >= 11 is 0. The Morgan fingerprint density at radius 1 is 0.477 bits per heavy atom. The second kappa shape index (κ2) is 13.7. The quantitative estimate of drug-likeness (QED) is 0.161. The molecule has 0 spiro atoms. The standard InChI is InChI=1S/C61H75BN2O/c1-36-29-37(55(2,3)4)20-24-47(36)64-48-30-38(56(5,6)7)19-23-46(48)62-52-49(31-39(32-50(52)64)57(8,9)10)63(40-21-22-42-43(33-40)59(13,14)26-25-58(42,11)12)53-41-34-44-45(35-51(41)65-54(53)62)61(17,18)28-27-60(44,15)16/h19-24,29-35H,25-28H2,1-18H3. The van der Waals surface area contributed by atoms with E-state index in [0.717, 1.165) is 24.1 Å². The molecule has 2 aliphatic carbocycles. The summed E-state index contributed by atoms with van der Waals surface area (Å²) < 4.78 is 7.62. The van der Waals surface area contributed by atoms with Gasteiger partial charge in [-0.15, -0.1) is 0 Å². The Morgan fingerprint density at radius 2 is 0.969 bits per heavy atom. The first kappa shape index (κ1) is 44.2. The molecule has 65 heavy (non-hydrogen) atoms. The molecule has 4 aliphatic rings. The van der Waals surface area contributed by atoms with Gasteiger partial charge in [0, 0.05) is 33.8 Å². The van der Waals surface area contributed by atoms with Gasteiger partial charge in [0.15, 0.2) is 0 Å². The van der Waals surface area contributed by atoms with Gasteiger partial charge in [-0.1, -0.05) is 148 Å². The molecule has 0 N–H and O–H groups in total. The maximum absolute atomic E-state index is 7.62. The molecule has 0 saturated carbocycles. The van der Waals surface area contributed by atoms with Crippen LogP contribution in [0.3, 0.4) is 0 Å². The maximum atomic E-state index is 7.62. The summed E-state index contributed by atoms with van der Waals surface area (Å²) in [7, 11) is 0. The van der Waals surface area contributed by atoms with E-state index in [1.54, 1.807) is 0 Å². The van der Waals surface area contributed by atoms with Crippen LogP contribution in [0.4, 0.5) is 34.1 Å². The summed E-state index contributed by atoms with van der Waals surface area (Å²) in [6.45, 7) is 42.9. The number of nitrogens with zero attached hydrogens (tertiary/aromatic N) is 2. The van der Waals surface area contributed by atoms with Gasteiger partial charge in [0.05, 0.1) is 11.3 Å². The van der Waals surface area contributed by atoms with Gasteiger partial charge in [0.2, 0.25) is 0 Å². The Morgan fingerprint density at radius 3 is 1.54 bits per heavy atom. The molecule has 5 aromatic carbocycles. The van der Waals surface area contributed by atoms with Crippen LogP contribution in [0.25, 0.3) is 11.0 Å². The molecule has 2 aliphatic heterocycles. The van der Waals surface area contributed by atoms with Crippen molar-refractivity contribution in [1.29, 1.82) is 0 Å². The number of furan rings is 1. The van der Waals surface area contributed by atoms with Crippen LogP contribution in [0.5, 0.6) is 0 Å². The number of anilines is 6. The summed E-state index contributed by atoms with van der Waals surface area (Å²) in [4.78, 5) is 5.28. The van der Waals surface area contributed by atoms with Crippen molar-refractivity contribution < 1.29 is 4.42 Å². The van der Waals surface area contributed by atoms with Crippen molar-refractivity contribution in [2.45, 2.75) is 188 Å². The predicted molar refractivity (Wildman–Crippen MR) is 282 cm³/mol. The zero-order valence-electron chi connectivity index (χ0n) is 43.2. The van der Waals surface area contributed by atoms with Gasteiger partial charge in [0.25, 0.3) is 6.71 Å². The molecule has 0 radical (unpaired) electrons. The molecule has 0 fully saturated rings. The highest BCUT2D eigenvalue weighted by molar-refractivity contribution is 7.00. The average Bonchev–Trinajstić information content (AvgIpc) is 3.58. The second-order valence-electron chi connectivity index (χ2n) is 26.5. The molecular formula is C61H75BN2O. The fraction of sp³-hybridized carbons (Fsp3) is 0.475. The lowest BCUT2D eigenvalue weighted by Gasteiger charge is -2.45. The monoisotopic (exact) mass is 863 g/mol. The van der Waals surface area contributed by atoms with E-state index in [1.165, 1.54) is 108 Å². The summed E-state index contributed by atoms with van der Waals surface area (Å²) in [6, 6.07) is 32.1. The normalized spacial score (nSPS) is 19.1. The molecule has 1 aromatic heterocycles. The van der Waals surface area contributed by atoms with Gasteiger partial charge in [-0.05, 0) is 174 Å². The third-order valence-electron chi connectivity index (χ3n) is 16.8. The Labute approximate surface area is 392 Å². The van der Waals surface area contributed by atoms with E-state index in [9.17, 15) is 0 Å². The fourth-order valence-corrected chi connectivity index (χ4v) is 12.1. The number of benzene rings is 5. The van der Waals surface area contributed by atoms with E-state index >= 15 is 0 Å². The molecule has 3 nitrogen and oxygen atoms in total. The highest BCUT2D eigenvalue weighted by atomic mass is 16.3. The van der Waals surface area contributed by atoms with Crippen molar-refractivity contribution in [2.24, 2.45) is 0 Å². The Balaban J connectivity index is 1.36. The van der Waals surface area contributed by atoms with Crippen molar-refractivity contribution >= 4 is 68.4 Å². The third kappa shape index (κ3) is 6.71. The van der Waals surface area contributed by atoms with E-state index in [-0.39, 0.29) is 44.6 Å². The molecule has 0 atom stereocenters. The summed E-state index contributed by atoms with van der Waals surface area (Å²) in [5, 5.41) is 1.22. The molecule has 3 heterocycles. The van der Waals surface area contributed by atoms with Gasteiger partial charge in [-0.3, -0.25) is 0 Å².